The van der Waals surface area contributed by atoms with Crippen molar-refractivity contribution in [2.24, 2.45) is 0 Å². The molecular weight excluding hydrogens is 558 g/mol. The third-order valence-electron chi connectivity index (χ3n) is 6.46. The molecule has 0 N–H and O–H groups in total. The maximum atomic E-state index is 13.0. The Hall–Kier alpha value is -4.50. The van der Waals surface area contributed by atoms with Gasteiger partial charge in [0.05, 0.1) is 6.61 Å². The third-order valence-corrected chi connectivity index (χ3v) is 6.46. The van der Waals surface area contributed by atoms with E-state index in [0.29, 0.717) is 23.9 Å². The summed E-state index contributed by atoms with van der Waals surface area (Å²) in [5.41, 5.74) is 5.23. The minimum atomic E-state index is -0.729. The fraction of sp³-hybridized carbons (Fsp3) is 0.371. The average molecular weight is 600 g/mol. The van der Waals surface area contributed by atoms with Gasteiger partial charge in [0.15, 0.2) is 0 Å². The van der Waals surface area contributed by atoms with Crippen molar-refractivity contribution in [2.45, 2.75) is 72.8 Å². The van der Waals surface area contributed by atoms with Crippen molar-refractivity contribution in [1.29, 1.82) is 0 Å². The largest absolute Gasteiger partial charge is 0.459 e. The first-order chi connectivity index (χ1) is 20.7. The number of benzene rings is 3. The second kappa shape index (κ2) is 13.4. The molecule has 0 aliphatic rings. The quantitative estimate of drug-likeness (QED) is 0.181. The molecular formula is C35H41N3O6. The van der Waals surface area contributed by atoms with Crippen molar-refractivity contribution < 1.29 is 28.3 Å². The average Bonchev–Trinajstić information content (AvgIpc) is 3.42. The molecule has 0 aliphatic heterocycles. The molecule has 0 saturated heterocycles. The van der Waals surface area contributed by atoms with Gasteiger partial charge in [0, 0.05) is 24.8 Å². The minimum Gasteiger partial charge on any atom is -0.459 e. The lowest BCUT2D eigenvalue weighted by atomic mass is 9.94. The van der Waals surface area contributed by atoms with E-state index < -0.39 is 23.3 Å². The third kappa shape index (κ3) is 8.76. The number of ether oxygens (including phenoxy) is 3. The summed E-state index contributed by atoms with van der Waals surface area (Å²) >= 11 is 0. The van der Waals surface area contributed by atoms with Crippen molar-refractivity contribution in [2.75, 3.05) is 13.7 Å². The molecule has 4 rings (SSSR count). The van der Waals surface area contributed by atoms with Gasteiger partial charge >= 0.3 is 12.1 Å². The molecule has 232 valence electrons. The topological polar surface area (TPSA) is 104 Å². The molecule has 1 heterocycles. The standard InChI is InChI=1S/C35H41N3O6/c1-23-12-9-10-15-28(23)29-17-16-26(19-27(29)22-41-8)32-36-31(37-44-32)25-14-11-13-24(18-25)20-38(33(40)43-35(5,6)7)21-30(39)42-34(2,3)4/h9-19H,20-22H2,1-8H3. The normalized spacial score (nSPS) is 11.7. The number of aromatic nitrogens is 2. The minimum absolute atomic E-state index is 0.118. The summed E-state index contributed by atoms with van der Waals surface area (Å²) in [5.74, 6) is 0.247. The van der Waals surface area contributed by atoms with E-state index in [1.807, 2.05) is 54.6 Å². The van der Waals surface area contributed by atoms with Crippen LogP contribution >= 0.6 is 0 Å². The number of amides is 1. The zero-order valence-corrected chi connectivity index (χ0v) is 26.8. The molecule has 3 aromatic carbocycles. The van der Waals surface area contributed by atoms with Gasteiger partial charge < -0.3 is 18.7 Å². The van der Waals surface area contributed by atoms with Crippen LogP contribution < -0.4 is 0 Å². The van der Waals surface area contributed by atoms with E-state index in [2.05, 4.69) is 29.2 Å². The molecule has 0 radical (unpaired) electrons. The van der Waals surface area contributed by atoms with Gasteiger partial charge in [-0.1, -0.05) is 53.7 Å². The number of carbonyl (C=O) groups excluding carboxylic acids is 2. The fourth-order valence-corrected chi connectivity index (χ4v) is 4.67. The smallest absolute Gasteiger partial charge is 0.411 e. The molecule has 0 saturated carbocycles. The van der Waals surface area contributed by atoms with E-state index in [4.69, 9.17) is 18.7 Å². The number of esters is 1. The van der Waals surface area contributed by atoms with Crippen LogP contribution in [-0.4, -0.2) is 52.0 Å². The van der Waals surface area contributed by atoms with E-state index >= 15 is 0 Å². The fourth-order valence-electron chi connectivity index (χ4n) is 4.67. The van der Waals surface area contributed by atoms with Gasteiger partial charge in [-0.3, -0.25) is 9.69 Å². The van der Waals surface area contributed by atoms with Gasteiger partial charge in [-0.2, -0.15) is 4.98 Å². The lowest BCUT2D eigenvalue weighted by Crippen LogP contribution is -2.41. The molecule has 9 nitrogen and oxygen atoms in total. The molecule has 44 heavy (non-hydrogen) atoms. The van der Waals surface area contributed by atoms with Crippen molar-refractivity contribution >= 4 is 12.1 Å². The van der Waals surface area contributed by atoms with Crippen LogP contribution in [0, 0.1) is 6.92 Å². The first-order valence-electron chi connectivity index (χ1n) is 14.5. The van der Waals surface area contributed by atoms with Crippen LogP contribution in [0.15, 0.2) is 71.3 Å². The summed E-state index contributed by atoms with van der Waals surface area (Å²) < 4.78 is 22.2. The summed E-state index contributed by atoms with van der Waals surface area (Å²) in [5, 5.41) is 4.23. The van der Waals surface area contributed by atoms with Crippen LogP contribution in [0.2, 0.25) is 0 Å². The number of nitrogens with zero attached hydrogens (tertiary/aromatic N) is 3. The summed E-state index contributed by atoms with van der Waals surface area (Å²) in [6, 6.07) is 21.7. The molecule has 0 fully saturated rings. The highest BCUT2D eigenvalue weighted by Crippen LogP contribution is 2.32. The Balaban J connectivity index is 1.58. The highest BCUT2D eigenvalue weighted by molar-refractivity contribution is 5.78. The zero-order chi connectivity index (χ0) is 32.1. The van der Waals surface area contributed by atoms with E-state index in [1.54, 1.807) is 48.7 Å². The summed E-state index contributed by atoms with van der Waals surface area (Å²) in [7, 11) is 1.67. The van der Waals surface area contributed by atoms with Crippen LogP contribution in [0.1, 0.15) is 58.2 Å². The molecule has 1 amide bonds. The van der Waals surface area contributed by atoms with Crippen LogP contribution in [0.25, 0.3) is 34.0 Å². The van der Waals surface area contributed by atoms with Gasteiger partial charge in [-0.15, -0.1) is 0 Å². The van der Waals surface area contributed by atoms with Crippen LogP contribution in [0.3, 0.4) is 0 Å². The number of rotatable bonds is 9. The Morgan fingerprint density at radius 1 is 0.841 bits per heavy atom. The predicted octanol–water partition coefficient (Wildman–Crippen LogP) is 7.60. The number of hydrogen-bond acceptors (Lipinski definition) is 8. The Labute approximate surface area is 259 Å². The molecule has 0 unspecified atom stereocenters. The Morgan fingerprint density at radius 2 is 1.57 bits per heavy atom. The Kier molecular flexibility index (Phi) is 9.89. The molecule has 1 aromatic heterocycles. The number of methoxy groups -OCH3 is 1. The monoisotopic (exact) mass is 599 g/mol. The van der Waals surface area contributed by atoms with E-state index in [9.17, 15) is 9.59 Å². The summed E-state index contributed by atoms with van der Waals surface area (Å²) in [6.45, 7) is 13.0. The van der Waals surface area contributed by atoms with Crippen LogP contribution in [0.4, 0.5) is 4.79 Å². The second-order valence-corrected chi connectivity index (χ2v) is 12.7. The zero-order valence-electron chi connectivity index (χ0n) is 26.8. The number of carbonyl (C=O) groups is 2. The molecule has 4 aromatic rings. The highest BCUT2D eigenvalue weighted by Gasteiger charge is 2.27. The SMILES string of the molecule is COCc1cc(-c2nc(-c3cccc(CN(CC(=O)OC(C)(C)C)C(=O)OC(C)(C)C)c3)no2)ccc1-c1ccccc1C. The van der Waals surface area contributed by atoms with Crippen LogP contribution in [0.5, 0.6) is 0 Å². The van der Waals surface area contributed by atoms with E-state index in [0.717, 1.165) is 27.8 Å². The maximum Gasteiger partial charge on any atom is 0.411 e. The van der Waals surface area contributed by atoms with Gasteiger partial charge in [0.2, 0.25) is 5.82 Å². The molecule has 9 heteroatoms. The van der Waals surface area contributed by atoms with Crippen molar-refractivity contribution in [1.82, 2.24) is 15.0 Å². The van der Waals surface area contributed by atoms with Gasteiger partial charge in [-0.05, 0) is 94.5 Å². The van der Waals surface area contributed by atoms with Crippen molar-refractivity contribution in [3.63, 3.8) is 0 Å². The summed E-state index contributed by atoms with van der Waals surface area (Å²) in [6.07, 6.45) is -0.614. The lowest BCUT2D eigenvalue weighted by Gasteiger charge is -2.28. The van der Waals surface area contributed by atoms with E-state index in [1.165, 1.54) is 10.5 Å². The summed E-state index contributed by atoms with van der Waals surface area (Å²) in [4.78, 5) is 31.7. The molecule has 0 atom stereocenters. The van der Waals surface area contributed by atoms with Crippen LogP contribution in [-0.2, 0) is 32.2 Å². The lowest BCUT2D eigenvalue weighted by molar-refractivity contribution is -0.156. The van der Waals surface area contributed by atoms with Crippen molar-refractivity contribution in [3.8, 4) is 34.0 Å². The molecule has 0 spiro atoms. The van der Waals surface area contributed by atoms with Gasteiger partial charge in [0.1, 0.15) is 17.7 Å². The second-order valence-electron chi connectivity index (χ2n) is 12.7. The first-order valence-corrected chi connectivity index (χ1v) is 14.5. The number of aryl methyl sites for hydroxylation is 1. The van der Waals surface area contributed by atoms with Crippen molar-refractivity contribution in [3.05, 3.63) is 83.4 Å². The van der Waals surface area contributed by atoms with E-state index in [-0.39, 0.29) is 13.1 Å². The molecule has 0 bridgehead atoms. The maximum absolute atomic E-state index is 13.0. The molecule has 0 aliphatic carbocycles. The Morgan fingerprint density at radius 3 is 2.25 bits per heavy atom. The highest BCUT2D eigenvalue weighted by atomic mass is 16.6. The Bertz CT molecular complexity index is 1610. The van der Waals surface area contributed by atoms with Gasteiger partial charge in [-0.25, -0.2) is 4.79 Å². The first kappa shape index (κ1) is 32.4. The predicted molar refractivity (Wildman–Crippen MR) is 169 cm³/mol. The number of hydrogen-bond donors (Lipinski definition) is 0. The van der Waals surface area contributed by atoms with Gasteiger partial charge in [0.25, 0.3) is 5.89 Å².